The molecule has 1 aromatic heterocycles. The van der Waals surface area contributed by atoms with Gasteiger partial charge in [-0.05, 0) is 91.7 Å². The van der Waals surface area contributed by atoms with Gasteiger partial charge in [-0.2, -0.15) is 0 Å². The summed E-state index contributed by atoms with van der Waals surface area (Å²) in [6.07, 6.45) is 0. The molecular weight excluding hydrogens is 623 g/mol. The van der Waals surface area contributed by atoms with E-state index in [1.54, 1.807) is 0 Å². The van der Waals surface area contributed by atoms with E-state index in [9.17, 15) is 0 Å². The van der Waals surface area contributed by atoms with Crippen LogP contribution >= 0.6 is 11.3 Å². The van der Waals surface area contributed by atoms with Crippen molar-refractivity contribution >= 4 is 48.6 Å². The molecule has 0 radical (unpaired) electrons. The van der Waals surface area contributed by atoms with Crippen molar-refractivity contribution in [2.24, 2.45) is 0 Å². The first kappa shape index (κ1) is 29.9. The van der Waals surface area contributed by atoms with Crippen LogP contribution in [0.1, 0.15) is 0 Å². The van der Waals surface area contributed by atoms with Crippen LogP contribution in [-0.4, -0.2) is 0 Å². The normalized spacial score (nSPS) is 11.2. The number of thiophene rings is 1. The van der Waals surface area contributed by atoms with E-state index in [0.717, 1.165) is 11.4 Å². The highest BCUT2D eigenvalue weighted by Crippen LogP contribution is 2.44. The third-order valence-corrected chi connectivity index (χ3v) is 10.6. The summed E-state index contributed by atoms with van der Waals surface area (Å²) in [5.74, 6) is 0. The highest BCUT2D eigenvalue weighted by atomic mass is 32.1. The Hall–Kier alpha value is -6.22. The molecule has 0 fully saturated rings. The lowest BCUT2D eigenvalue weighted by Crippen LogP contribution is -2.08. The maximum absolute atomic E-state index is 2.39. The molecule has 2 heteroatoms. The third kappa shape index (κ3) is 5.77. The molecule has 0 aliphatic carbocycles. The molecule has 8 aromatic carbocycles. The van der Waals surface area contributed by atoms with Crippen molar-refractivity contribution in [3.8, 4) is 44.5 Å². The van der Waals surface area contributed by atoms with Gasteiger partial charge in [-0.3, -0.25) is 0 Å². The van der Waals surface area contributed by atoms with Crippen LogP contribution in [0.5, 0.6) is 0 Å². The Morgan fingerprint density at radius 3 is 1.14 bits per heavy atom. The molecule has 1 nitrogen and oxygen atoms in total. The number of fused-ring (bicyclic) bond motifs is 3. The Morgan fingerprint density at radius 1 is 0.300 bits per heavy atom. The molecule has 0 spiro atoms. The van der Waals surface area contributed by atoms with Crippen LogP contribution in [-0.2, 0) is 0 Å². The van der Waals surface area contributed by atoms with Gasteiger partial charge in [0.05, 0.1) is 0 Å². The Labute approximate surface area is 297 Å². The summed E-state index contributed by atoms with van der Waals surface area (Å²) in [5.41, 5.74) is 12.0. The van der Waals surface area contributed by atoms with Crippen LogP contribution < -0.4 is 4.90 Å². The minimum atomic E-state index is 1.13. The third-order valence-electron chi connectivity index (χ3n) is 9.54. The zero-order valence-corrected chi connectivity index (χ0v) is 28.2. The molecule has 9 rings (SSSR count). The fraction of sp³-hybridized carbons (Fsp3) is 0. The van der Waals surface area contributed by atoms with Crippen molar-refractivity contribution in [1.29, 1.82) is 0 Å². The lowest BCUT2D eigenvalue weighted by Gasteiger charge is -2.24. The molecule has 0 aliphatic heterocycles. The molecule has 1 heterocycles. The van der Waals surface area contributed by atoms with Gasteiger partial charge in [-0.15, -0.1) is 11.3 Å². The molecule has 0 atom stereocenters. The molecule has 236 valence electrons. The van der Waals surface area contributed by atoms with E-state index < -0.39 is 0 Å². The average Bonchev–Trinajstić information content (AvgIpc) is 3.64. The predicted molar refractivity (Wildman–Crippen MR) is 216 cm³/mol. The van der Waals surface area contributed by atoms with E-state index in [1.807, 2.05) is 11.3 Å². The van der Waals surface area contributed by atoms with Gasteiger partial charge < -0.3 is 4.90 Å². The second kappa shape index (κ2) is 13.0. The molecule has 9 aromatic rings. The predicted octanol–water partition coefficient (Wildman–Crippen LogP) is 14.2. The van der Waals surface area contributed by atoms with Gasteiger partial charge >= 0.3 is 0 Å². The molecule has 50 heavy (non-hydrogen) atoms. The summed E-state index contributed by atoms with van der Waals surface area (Å²) in [5, 5.41) is 5.03. The van der Waals surface area contributed by atoms with Crippen molar-refractivity contribution in [3.05, 3.63) is 200 Å². The standard InChI is InChI=1S/C48H33NS/c1-3-9-34(10-4-1)36-15-19-38(20-16-36)40-23-28-43(29-24-40)49(48-33-46-45-14-8-7-13-42(45)27-32-47(46)50-48)44-30-25-41(26-31-44)39-21-17-37(18-22-39)35-11-5-2-6-12-35/h1-33H. The fourth-order valence-electron chi connectivity index (χ4n) is 6.87. The van der Waals surface area contributed by atoms with Crippen molar-refractivity contribution in [1.82, 2.24) is 0 Å². The zero-order chi connectivity index (χ0) is 33.3. The molecule has 0 bridgehead atoms. The lowest BCUT2D eigenvalue weighted by molar-refractivity contribution is 1.32. The van der Waals surface area contributed by atoms with E-state index in [0.29, 0.717) is 0 Å². The van der Waals surface area contributed by atoms with Gasteiger partial charge in [0.25, 0.3) is 0 Å². The van der Waals surface area contributed by atoms with Crippen LogP contribution in [0, 0.1) is 0 Å². The van der Waals surface area contributed by atoms with Crippen LogP contribution in [0.2, 0.25) is 0 Å². The van der Waals surface area contributed by atoms with Crippen molar-refractivity contribution in [2.45, 2.75) is 0 Å². The Morgan fingerprint density at radius 2 is 0.680 bits per heavy atom. The van der Waals surface area contributed by atoms with E-state index in [2.05, 4.69) is 205 Å². The molecule has 0 aliphatic rings. The number of benzene rings is 8. The smallest absolute Gasteiger partial charge is 0.101 e. The van der Waals surface area contributed by atoms with Gasteiger partial charge in [-0.1, -0.05) is 164 Å². The fourth-order valence-corrected chi connectivity index (χ4v) is 7.99. The van der Waals surface area contributed by atoms with Crippen molar-refractivity contribution in [3.63, 3.8) is 0 Å². The molecule has 0 N–H and O–H groups in total. The summed E-state index contributed by atoms with van der Waals surface area (Å²) in [6.45, 7) is 0. The quantitative estimate of drug-likeness (QED) is 0.165. The topological polar surface area (TPSA) is 3.24 Å². The Bertz CT molecular complexity index is 2410. The summed E-state index contributed by atoms with van der Waals surface area (Å²) < 4.78 is 1.29. The molecular formula is C48H33NS. The Balaban J connectivity index is 1.07. The SMILES string of the molecule is c1ccc(-c2ccc(-c3ccc(N(c4ccc(-c5ccc(-c6ccccc6)cc5)cc4)c4cc5c(ccc6ccccc65)s4)cc3)cc2)cc1. The van der Waals surface area contributed by atoms with E-state index in [-0.39, 0.29) is 0 Å². The average molecular weight is 656 g/mol. The van der Waals surface area contributed by atoms with Crippen LogP contribution in [0.25, 0.3) is 65.4 Å². The summed E-state index contributed by atoms with van der Waals surface area (Å²) in [6, 6.07) is 72.3. The second-order valence-corrected chi connectivity index (χ2v) is 13.7. The first-order chi connectivity index (χ1) is 24.8. The highest BCUT2D eigenvalue weighted by molar-refractivity contribution is 7.23. The maximum Gasteiger partial charge on any atom is 0.101 e. The second-order valence-electron chi connectivity index (χ2n) is 12.6. The molecule has 0 unspecified atom stereocenters. The number of rotatable bonds is 7. The number of hydrogen-bond donors (Lipinski definition) is 0. The largest absolute Gasteiger partial charge is 0.302 e. The van der Waals surface area contributed by atoms with Crippen LogP contribution in [0.15, 0.2) is 200 Å². The summed E-state index contributed by atoms with van der Waals surface area (Å²) >= 11 is 1.84. The lowest BCUT2D eigenvalue weighted by atomic mass is 9.99. The first-order valence-corrected chi connectivity index (χ1v) is 17.8. The molecule has 0 saturated heterocycles. The summed E-state index contributed by atoms with van der Waals surface area (Å²) in [7, 11) is 0. The maximum atomic E-state index is 2.39. The van der Waals surface area contributed by atoms with E-state index in [1.165, 1.54) is 70.4 Å². The van der Waals surface area contributed by atoms with Crippen molar-refractivity contribution in [2.75, 3.05) is 4.90 Å². The zero-order valence-electron chi connectivity index (χ0n) is 27.4. The number of nitrogens with zero attached hydrogens (tertiary/aromatic N) is 1. The van der Waals surface area contributed by atoms with Gasteiger partial charge in [0.2, 0.25) is 0 Å². The van der Waals surface area contributed by atoms with Gasteiger partial charge in [0.15, 0.2) is 0 Å². The monoisotopic (exact) mass is 655 g/mol. The van der Waals surface area contributed by atoms with Crippen LogP contribution in [0.3, 0.4) is 0 Å². The Kier molecular flexibility index (Phi) is 7.77. The molecule has 0 saturated carbocycles. The van der Waals surface area contributed by atoms with Gasteiger partial charge in [-0.25, -0.2) is 0 Å². The van der Waals surface area contributed by atoms with Gasteiger partial charge in [0.1, 0.15) is 5.00 Å². The van der Waals surface area contributed by atoms with E-state index >= 15 is 0 Å². The minimum Gasteiger partial charge on any atom is -0.302 e. The first-order valence-electron chi connectivity index (χ1n) is 17.0. The van der Waals surface area contributed by atoms with Gasteiger partial charge in [0, 0.05) is 21.5 Å². The minimum absolute atomic E-state index is 1.13. The number of anilines is 3. The summed E-state index contributed by atoms with van der Waals surface area (Å²) in [4.78, 5) is 2.39. The van der Waals surface area contributed by atoms with E-state index in [4.69, 9.17) is 0 Å². The van der Waals surface area contributed by atoms with Crippen LogP contribution in [0.4, 0.5) is 16.4 Å². The number of hydrogen-bond acceptors (Lipinski definition) is 2. The van der Waals surface area contributed by atoms with Crippen molar-refractivity contribution < 1.29 is 0 Å². The highest BCUT2D eigenvalue weighted by Gasteiger charge is 2.17. The molecule has 0 amide bonds.